The molecule has 2 aliphatic heterocycles. The van der Waals surface area contributed by atoms with Crippen LogP contribution < -0.4 is 19.1 Å². The van der Waals surface area contributed by atoms with Crippen molar-refractivity contribution >= 4 is 31.6 Å². The van der Waals surface area contributed by atoms with E-state index in [1.807, 2.05) is 0 Å². The Bertz CT molecular complexity index is 1240. The van der Waals surface area contributed by atoms with E-state index in [9.17, 15) is 21.6 Å². The fourth-order valence-corrected chi connectivity index (χ4v) is 6.33. The van der Waals surface area contributed by atoms with Gasteiger partial charge in [-0.15, -0.1) is 0 Å². The topological polar surface area (TPSA) is 122 Å². The first-order valence-electron chi connectivity index (χ1n) is 10.9. The van der Waals surface area contributed by atoms with Crippen LogP contribution in [0.15, 0.2) is 53.4 Å². The molecule has 184 valence electrons. The molecule has 0 aliphatic carbocycles. The fraction of sp³-hybridized carbons (Fsp3) is 0.409. The molecule has 0 saturated carbocycles. The van der Waals surface area contributed by atoms with E-state index in [1.165, 1.54) is 16.4 Å². The summed E-state index contributed by atoms with van der Waals surface area (Å²) in [6, 6.07) is 12.8. The van der Waals surface area contributed by atoms with Crippen LogP contribution in [0.4, 0.5) is 5.69 Å². The molecule has 1 amide bonds. The van der Waals surface area contributed by atoms with Gasteiger partial charge in [-0.25, -0.2) is 16.8 Å². The van der Waals surface area contributed by atoms with E-state index in [0.29, 0.717) is 30.3 Å². The number of hydrogen-bond donors (Lipinski definition) is 1. The van der Waals surface area contributed by atoms with Gasteiger partial charge in [0.25, 0.3) is 5.91 Å². The van der Waals surface area contributed by atoms with Gasteiger partial charge in [0.1, 0.15) is 18.1 Å². The summed E-state index contributed by atoms with van der Waals surface area (Å²) in [7, 11) is -7.06. The van der Waals surface area contributed by atoms with Gasteiger partial charge in [-0.1, -0.05) is 12.1 Å². The Morgan fingerprint density at radius 2 is 1.74 bits per heavy atom. The van der Waals surface area contributed by atoms with Gasteiger partial charge < -0.3 is 14.8 Å². The van der Waals surface area contributed by atoms with Crippen molar-refractivity contribution in [1.29, 1.82) is 0 Å². The molecule has 1 N–H and O–H groups in total. The van der Waals surface area contributed by atoms with Crippen molar-refractivity contribution in [2.75, 3.05) is 43.3 Å². The van der Waals surface area contributed by atoms with E-state index in [4.69, 9.17) is 9.47 Å². The van der Waals surface area contributed by atoms with Gasteiger partial charge in [0.2, 0.25) is 20.0 Å². The first-order chi connectivity index (χ1) is 16.2. The molecule has 4 rings (SSSR count). The first-order valence-corrected chi connectivity index (χ1v) is 14.2. The summed E-state index contributed by atoms with van der Waals surface area (Å²) in [5.74, 6) is 0.332. The Morgan fingerprint density at radius 3 is 2.41 bits per heavy atom. The minimum Gasteiger partial charge on any atom is -0.492 e. The van der Waals surface area contributed by atoms with Gasteiger partial charge in [-0.2, -0.15) is 4.31 Å². The summed E-state index contributed by atoms with van der Waals surface area (Å²) in [6.45, 7) is 1.25. The number of nitrogens with zero attached hydrogens (tertiary/aromatic N) is 2. The van der Waals surface area contributed by atoms with Crippen molar-refractivity contribution < 1.29 is 31.1 Å². The number of hydrogen-bond acceptors (Lipinski definition) is 7. The monoisotopic (exact) mass is 509 g/mol. The number of anilines is 1. The number of carbonyl (C=O) groups excluding carboxylic acids is 1. The van der Waals surface area contributed by atoms with Gasteiger partial charge in [0, 0.05) is 13.1 Å². The molecule has 1 saturated heterocycles. The average molecular weight is 510 g/mol. The smallest absolute Gasteiger partial charge is 0.263 e. The Kier molecular flexibility index (Phi) is 7.01. The molecule has 2 aromatic rings. The molecule has 10 nitrogen and oxygen atoms in total. The molecule has 2 aromatic carbocycles. The standard InChI is InChI=1S/C22H27N3O7S2/c1-33(27,28)25-16-21(32-20-7-3-2-6-19(20)25)22(26)23-12-15-31-17-8-10-18(11-9-17)34(29,30)24-13-4-5-14-24/h2-3,6-11,21H,4-5,12-16H2,1H3,(H,23,26)/t21-/m1/s1. The van der Waals surface area contributed by atoms with Crippen molar-refractivity contribution in [3.8, 4) is 11.5 Å². The van der Waals surface area contributed by atoms with E-state index >= 15 is 0 Å². The minimum atomic E-state index is -3.58. The van der Waals surface area contributed by atoms with E-state index in [0.717, 1.165) is 23.4 Å². The lowest BCUT2D eigenvalue weighted by Crippen LogP contribution is -2.51. The van der Waals surface area contributed by atoms with Crippen LogP contribution in [0, 0.1) is 0 Å². The largest absolute Gasteiger partial charge is 0.492 e. The van der Waals surface area contributed by atoms with E-state index in [-0.39, 0.29) is 24.6 Å². The Labute approximate surface area is 199 Å². The number of para-hydroxylation sites is 2. The summed E-state index contributed by atoms with van der Waals surface area (Å²) in [5.41, 5.74) is 0.396. The summed E-state index contributed by atoms with van der Waals surface area (Å²) < 4.78 is 63.4. The number of nitrogens with one attached hydrogen (secondary N) is 1. The van der Waals surface area contributed by atoms with Crippen LogP contribution >= 0.6 is 0 Å². The second-order valence-corrected chi connectivity index (χ2v) is 11.9. The molecule has 2 heterocycles. The lowest BCUT2D eigenvalue weighted by Gasteiger charge is -2.33. The van der Waals surface area contributed by atoms with Crippen LogP contribution in [0.3, 0.4) is 0 Å². The Balaban J connectivity index is 1.29. The van der Waals surface area contributed by atoms with Crippen LogP contribution in [0.5, 0.6) is 11.5 Å². The number of fused-ring (bicyclic) bond motifs is 1. The number of benzene rings is 2. The maximum Gasteiger partial charge on any atom is 0.263 e. The highest BCUT2D eigenvalue weighted by Crippen LogP contribution is 2.34. The van der Waals surface area contributed by atoms with E-state index in [2.05, 4.69) is 5.32 Å². The molecule has 2 aliphatic rings. The fourth-order valence-electron chi connectivity index (χ4n) is 3.90. The zero-order valence-corrected chi connectivity index (χ0v) is 20.3. The SMILES string of the molecule is CS(=O)(=O)N1C[C@H](C(=O)NCCOc2ccc(S(=O)(=O)N3CCCC3)cc2)Oc2ccccc21. The third kappa shape index (κ3) is 5.29. The molecule has 12 heteroatoms. The number of carbonyl (C=O) groups is 1. The van der Waals surface area contributed by atoms with Crippen molar-refractivity contribution in [2.24, 2.45) is 0 Å². The van der Waals surface area contributed by atoms with Crippen molar-refractivity contribution in [2.45, 2.75) is 23.8 Å². The first kappa shape index (κ1) is 24.3. The van der Waals surface area contributed by atoms with E-state index < -0.39 is 32.1 Å². The Hall–Kier alpha value is -2.83. The summed E-state index contributed by atoms with van der Waals surface area (Å²) >= 11 is 0. The Morgan fingerprint density at radius 1 is 1.06 bits per heavy atom. The molecular formula is C22H27N3O7S2. The van der Waals surface area contributed by atoms with Gasteiger partial charge in [0.05, 0.1) is 29.9 Å². The second kappa shape index (κ2) is 9.80. The van der Waals surface area contributed by atoms with Gasteiger partial charge >= 0.3 is 0 Å². The van der Waals surface area contributed by atoms with Gasteiger partial charge in [0.15, 0.2) is 6.10 Å². The number of rotatable bonds is 8. The molecule has 0 aromatic heterocycles. The average Bonchev–Trinajstić information content (AvgIpc) is 3.37. The molecule has 1 atom stereocenters. The second-order valence-electron chi connectivity index (χ2n) is 8.09. The summed E-state index contributed by atoms with van der Waals surface area (Å²) in [4.78, 5) is 12.8. The van der Waals surface area contributed by atoms with Gasteiger partial charge in [-0.3, -0.25) is 9.10 Å². The lowest BCUT2D eigenvalue weighted by atomic mass is 10.2. The molecule has 1 fully saturated rings. The number of ether oxygens (including phenoxy) is 2. The molecule has 0 bridgehead atoms. The van der Waals surface area contributed by atoms with Crippen LogP contribution in [0.25, 0.3) is 0 Å². The summed E-state index contributed by atoms with van der Waals surface area (Å²) in [6.07, 6.45) is 1.83. The van der Waals surface area contributed by atoms with E-state index in [1.54, 1.807) is 36.4 Å². The highest BCUT2D eigenvalue weighted by atomic mass is 32.2. The van der Waals surface area contributed by atoms with Crippen LogP contribution in [-0.4, -0.2) is 72.2 Å². The quantitative estimate of drug-likeness (QED) is 0.531. The predicted molar refractivity (Wildman–Crippen MR) is 126 cm³/mol. The van der Waals surface area contributed by atoms with Crippen molar-refractivity contribution in [3.63, 3.8) is 0 Å². The molecular weight excluding hydrogens is 482 g/mol. The molecule has 0 unspecified atom stereocenters. The van der Waals surface area contributed by atoms with Gasteiger partial charge in [-0.05, 0) is 49.2 Å². The van der Waals surface area contributed by atoms with Crippen molar-refractivity contribution in [3.05, 3.63) is 48.5 Å². The highest BCUT2D eigenvalue weighted by Gasteiger charge is 2.34. The van der Waals surface area contributed by atoms with Crippen LogP contribution in [0.2, 0.25) is 0 Å². The lowest BCUT2D eigenvalue weighted by molar-refractivity contribution is -0.127. The minimum absolute atomic E-state index is 0.129. The number of amides is 1. The van der Waals surface area contributed by atoms with Crippen LogP contribution in [-0.2, 0) is 24.8 Å². The third-order valence-electron chi connectivity index (χ3n) is 5.62. The number of sulfonamides is 2. The maximum atomic E-state index is 12.6. The highest BCUT2D eigenvalue weighted by molar-refractivity contribution is 7.92. The van der Waals surface area contributed by atoms with Crippen molar-refractivity contribution in [1.82, 2.24) is 9.62 Å². The van der Waals surface area contributed by atoms with Crippen LogP contribution in [0.1, 0.15) is 12.8 Å². The predicted octanol–water partition coefficient (Wildman–Crippen LogP) is 1.19. The molecule has 34 heavy (non-hydrogen) atoms. The summed E-state index contributed by atoms with van der Waals surface area (Å²) in [5, 5.41) is 2.69. The normalized spacial score (nSPS) is 18.7. The maximum absolute atomic E-state index is 12.6. The third-order valence-corrected chi connectivity index (χ3v) is 8.68. The molecule has 0 spiro atoms. The molecule has 0 radical (unpaired) electrons. The zero-order chi connectivity index (χ0) is 24.3. The zero-order valence-electron chi connectivity index (χ0n) is 18.7.